The van der Waals surface area contributed by atoms with Crippen molar-refractivity contribution < 1.29 is 14.7 Å². The zero-order chi connectivity index (χ0) is 20.3. The Hall–Kier alpha value is -2.54. The van der Waals surface area contributed by atoms with E-state index in [1.165, 1.54) is 0 Å². The lowest BCUT2D eigenvalue weighted by Gasteiger charge is -2.35. The van der Waals surface area contributed by atoms with Crippen molar-refractivity contribution in [1.29, 1.82) is 0 Å². The number of carbonyl (C=O) groups is 2. The molecule has 2 heterocycles. The molecule has 0 aliphatic carbocycles. The van der Waals surface area contributed by atoms with Crippen molar-refractivity contribution in [2.45, 2.75) is 33.2 Å². The van der Waals surface area contributed by atoms with Crippen molar-refractivity contribution in [3.63, 3.8) is 0 Å². The lowest BCUT2D eigenvalue weighted by Crippen LogP contribution is -2.46. The average molecular weight is 386 g/mol. The predicted octanol–water partition coefficient (Wildman–Crippen LogP) is 2.12. The first-order valence-electron chi connectivity index (χ1n) is 10.0. The molecule has 7 nitrogen and oxygen atoms in total. The summed E-state index contributed by atoms with van der Waals surface area (Å²) in [7, 11) is 0. The minimum absolute atomic E-state index is 0.165. The number of nitrogens with zero attached hydrogens (tertiary/aromatic N) is 2. The second-order valence-electron chi connectivity index (χ2n) is 7.84. The molecule has 3 rings (SSSR count). The van der Waals surface area contributed by atoms with Crippen LogP contribution in [0.15, 0.2) is 35.6 Å². The summed E-state index contributed by atoms with van der Waals surface area (Å²) >= 11 is 0. The molecule has 0 bridgehead atoms. The lowest BCUT2D eigenvalue weighted by molar-refractivity contribution is -0.120. The van der Waals surface area contributed by atoms with Gasteiger partial charge in [-0.25, -0.2) is 0 Å². The zero-order valence-electron chi connectivity index (χ0n) is 16.9. The molecule has 1 fully saturated rings. The summed E-state index contributed by atoms with van der Waals surface area (Å²) in [5.41, 5.74) is 1.53. The van der Waals surface area contributed by atoms with Gasteiger partial charge in [0, 0.05) is 37.6 Å². The molecule has 0 radical (unpaired) electrons. The Bertz CT molecular complexity index is 749. The highest BCUT2D eigenvalue weighted by molar-refractivity contribution is 6.24. The summed E-state index contributed by atoms with van der Waals surface area (Å²) in [5.74, 6) is -0.972. The number of carbonyl (C=O) groups excluding carboxylic acids is 2. The van der Waals surface area contributed by atoms with Gasteiger partial charge in [0.25, 0.3) is 11.8 Å². The summed E-state index contributed by atoms with van der Waals surface area (Å²) in [4.78, 5) is 29.4. The van der Waals surface area contributed by atoms with E-state index in [1.807, 2.05) is 38.1 Å². The smallest absolute Gasteiger partial charge is 0.264 e. The quantitative estimate of drug-likeness (QED) is 0.652. The normalized spacial score (nSPS) is 20.6. The Labute approximate surface area is 166 Å². The molecule has 0 spiro atoms. The molecule has 0 aromatic heterocycles. The topological polar surface area (TPSA) is 84.9 Å². The molecular weight excluding hydrogens is 356 g/mol. The van der Waals surface area contributed by atoms with Crippen LogP contribution >= 0.6 is 0 Å². The van der Waals surface area contributed by atoms with E-state index in [9.17, 15) is 14.7 Å². The molecule has 1 unspecified atom stereocenters. The van der Waals surface area contributed by atoms with Gasteiger partial charge in [-0.15, -0.1) is 0 Å². The Kier molecular flexibility index (Phi) is 6.24. The summed E-state index contributed by atoms with van der Waals surface area (Å²) in [6, 6.07) is 7.12. The van der Waals surface area contributed by atoms with Gasteiger partial charge in [-0.05, 0) is 43.1 Å². The molecule has 28 heavy (non-hydrogen) atoms. The largest absolute Gasteiger partial charge is 0.509 e. The van der Waals surface area contributed by atoms with E-state index < -0.39 is 17.9 Å². The monoisotopic (exact) mass is 386 g/mol. The van der Waals surface area contributed by atoms with Crippen LogP contribution in [0.1, 0.15) is 27.2 Å². The molecular formula is C21H30N4O3. The van der Waals surface area contributed by atoms with Gasteiger partial charge in [-0.1, -0.05) is 20.8 Å². The molecule has 1 aromatic rings. The van der Waals surface area contributed by atoms with Crippen LogP contribution in [-0.4, -0.2) is 60.6 Å². The van der Waals surface area contributed by atoms with Crippen molar-refractivity contribution in [2.75, 3.05) is 42.9 Å². The molecule has 2 aliphatic rings. The number of anilines is 2. The highest BCUT2D eigenvalue weighted by Crippen LogP contribution is 2.23. The first-order valence-corrected chi connectivity index (χ1v) is 10.0. The molecule has 2 amide bonds. The van der Waals surface area contributed by atoms with Crippen LogP contribution in [0.5, 0.6) is 0 Å². The molecule has 2 aliphatic heterocycles. The van der Waals surface area contributed by atoms with Crippen molar-refractivity contribution in [3.8, 4) is 0 Å². The fraction of sp³-hybridized carbons (Fsp3) is 0.524. The van der Waals surface area contributed by atoms with E-state index in [0.29, 0.717) is 18.0 Å². The number of benzene rings is 1. The molecule has 1 atom stereocenters. The number of rotatable bonds is 6. The van der Waals surface area contributed by atoms with Crippen molar-refractivity contribution in [1.82, 2.24) is 10.2 Å². The van der Waals surface area contributed by atoms with Crippen LogP contribution in [0.2, 0.25) is 0 Å². The van der Waals surface area contributed by atoms with Crippen molar-refractivity contribution >= 4 is 23.2 Å². The van der Waals surface area contributed by atoms with Gasteiger partial charge in [-0.3, -0.25) is 9.59 Å². The minimum Gasteiger partial charge on any atom is -0.509 e. The summed E-state index contributed by atoms with van der Waals surface area (Å²) in [5, 5.41) is 15.7. The van der Waals surface area contributed by atoms with E-state index in [1.54, 1.807) is 0 Å². The Morgan fingerprint density at radius 3 is 2.43 bits per heavy atom. The molecule has 152 valence electrons. The number of hydrogen-bond donors (Lipinski definition) is 3. The van der Waals surface area contributed by atoms with E-state index in [-0.39, 0.29) is 11.3 Å². The fourth-order valence-corrected chi connectivity index (χ4v) is 3.72. The zero-order valence-corrected chi connectivity index (χ0v) is 16.9. The summed E-state index contributed by atoms with van der Waals surface area (Å²) in [6.07, 6.45) is 0.592. The maximum atomic E-state index is 12.5. The van der Waals surface area contributed by atoms with Gasteiger partial charge in [0.15, 0.2) is 0 Å². The second-order valence-corrected chi connectivity index (χ2v) is 7.84. The van der Waals surface area contributed by atoms with Gasteiger partial charge in [0.1, 0.15) is 11.3 Å². The third-order valence-corrected chi connectivity index (χ3v) is 5.36. The summed E-state index contributed by atoms with van der Waals surface area (Å²) < 4.78 is 0. The van der Waals surface area contributed by atoms with Crippen LogP contribution in [0, 0.1) is 5.92 Å². The Morgan fingerprint density at radius 1 is 1.21 bits per heavy atom. The number of nitrogens with one attached hydrogen (secondary N) is 2. The number of piperazine rings is 1. The first-order chi connectivity index (χ1) is 13.4. The minimum atomic E-state index is -0.578. The fourth-order valence-electron chi connectivity index (χ4n) is 3.72. The van der Waals surface area contributed by atoms with Gasteiger partial charge >= 0.3 is 0 Å². The maximum Gasteiger partial charge on any atom is 0.264 e. The highest BCUT2D eigenvalue weighted by Gasteiger charge is 2.36. The predicted molar refractivity (Wildman–Crippen MR) is 110 cm³/mol. The number of aliphatic hydroxyl groups is 1. The van der Waals surface area contributed by atoms with Crippen LogP contribution in [0.3, 0.4) is 0 Å². The molecule has 0 saturated carbocycles. The van der Waals surface area contributed by atoms with Crippen LogP contribution < -0.4 is 15.5 Å². The van der Waals surface area contributed by atoms with E-state index in [2.05, 4.69) is 27.4 Å². The molecule has 7 heteroatoms. The van der Waals surface area contributed by atoms with Gasteiger partial charge < -0.3 is 25.5 Å². The third kappa shape index (κ3) is 4.47. The van der Waals surface area contributed by atoms with Gasteiger partial charge in [0.2, 0.25) is 0 Å². The highest BCUT2D eigenvalue weighted by atomic mass is 16.3. The second kappa shape index (κ2) is 8.65. The van der Waals surface area contributed by atoms with Crippen molar-refractivity contribution in [3.05, 3.63) is 35.6 Å². The van der Waals surface area contributed by atoms with Gasteiger partial charge in [0.05, 0.1) is 6.04 Å². The summed E-state index contributed by atoms with van der Waals surface area (Å²) in [6.45, 7) is 11.3. The van der Waals surface area contributed by atoms with Crippen LogP contribution in [0.25, 0.3) is 0 Å². The third-order valence-electron chi connectivity index (χ3n) is 5.36. The molecule has 3 N–H and O–H groups in total. The van der Waals surface area contributed by atoms with Crippen LogP contribution in [-0.2, 0) is 9.59 Å². The number of hydrogen-bond acceptors (Lipinski definition) is 5. The molecule has 1 saturated heterocycles. The van der Waals surface area contributed by atoms with E-state index in [4.69, 9.17) is 0 Å². The average Bonchev–Trinajstić information content (AvgIpc) is 2.95. The lowest BCUT2D eigenvalue weighted by atomic mass is 10.0. The molecule has 1 aromatic carbocycles. The number of aliphatic hydroxyl groups excluding tert-OH is 1. The number of likely N-dealkylation sites (N-methyl/N-ethyl adjacent to an activating group) is 1. The van der Waals surface area contributed by atoms with Crippen molar-refractivity contribution in [2.24, 2.45) is 5.92 Å². The van der Waals surface area contributed by atoms with Gasteiger partial charge in [-0.2, -0.15) is 0 Å². The Morgan fingerprint density at radius 2 is 1.86 bits per heavy atom. The first kappa shape index (κ1) is 20.2. The van der Waals surface area contributed by atoms with E-state index >= 15 is 0 Å². The Balaban J connectivity index is 1.63. The maximum absolute atomic E-state index is 12.5. The van der Waals surface area contributed by atoms with E-state index in [0.717, 1.165) is 38.4 Å². The standard InChI is InChI=1S/C21H30N4O3/c1-4-24-9-11-25(12-10-24)16-7-5-15(6-8-16)22-20(27)18-19(26)17(13-14(2)3)23-21(18)28/h5-8,14,17,26H,4,9-13H2,1-3H3,(H,22,27)(H,23,28). The van der Waals surface area contributed by atoms with Crippen LogP contribution in [0.4, 0.5) is 11.4 Å². The number of amides is 2. The SMILES string of the molecule is CCN1CCN(c2ccc(NC(=O)C3=C(O)C(CC(C)C)NC3=O)cc2)CC1.